The van der Waals surface area contributed by atoms with Gasteiger partial charge < -0.3 is 5.32 Å². The molecule has 2 heterocycles. The zero-order valence-corrected chi connectivity index (χ0v) is 12.2. The molecule has 1 saturated heterocycles. The highest BCUT2D eigenvalue weighted by atomic mass is 15.2. The summed E-state index contributed by atoms with van der Waals surface area (Å²) >= 11 is 0. The highest BCUT2D eigenvalue weighted by molar-refractivity contribution is 5.16. The Kier molecular flexibility index (Phi) is 3.59. The molecule has 1 atom stereocenters. The van der Waals surface area contributed by atoms with E-state index in [0.29, 0.717) is 5.54 Å². The number of hydrogen-bond acceptors (Lipinski definition) is 3. The Balaban J connectivity index is 1.69. The molecule has 3 nitrogen and oxygen atoms in total. The molecule has 1 aliphatic heterocycles. The van der Waals surface area contributed by atoms with Crippen LogP contribution < -0.4 is 5.32 Å². The van der Waals surface area contributed by atoms with E-state index in [1.807, 2.05) is 12.4 Å². The van der Waals surface area contributed by atoms with Crippen LogP contribution in [-0.2, 0) is 6.54 Å². The van der Waals surface area contributed by atoms with E-state index in [1.165, 1.54) is 43.5 Å². The van der Waals surface area contributed by atoms with E-state index in [1.54, 1.807) is 0 Å². The summed E-state index contributed by atoms with van der Waals surface area (Å²) < 4.78 is 0. The van der Waals surface area contributed by atoms with Crippen molar-refractivity contribution in [3.63, 3.8) is 0 Å². The maximum Gasteiger partial charge on any atom is 0.0313 e. The predicted octanol–water partition coefficient (Wildman–Crippen LogP) is 2.35. The monoisotopic (exact) mass is 259 g/mol. The first-order chi connectivity index (χ1) is 9.16. The van der Waals surface area contributed by atoms with Gasteiger partial charge in [-0.2, -0.15) is 0 Å². The number of pyridine rings is 1. The van der Waals surface area contributed by atoms with Gasteiger partial charge in [-0.05, 0) is 63.2 Å². The van der Waals surface area contributed by atoms with Crippen molar-refractivity contribution in [2.75, 3.05) is 19.6 Å². The number of nitrogens with one attached hydrogen (secondary N) is 1. The van der Waals surface area contributed by atoms with Crippen LogP contribution in [0.5, 0.6) is 0 Å². The summed E-state index contributed by atoms with van der Waals surface area (Å²) in [6.45, 7) is 9.11. The van der Waals surface area contributed by atoms with Gasteiger partial charge in [-0.15, -0.1) is 0 Å². The Labute approximate surface area is 116 Å². The van der Waals surface area contributed by atoms with Crippen LogP contribution in [0.25, 0.3) is 0 Å². The molecule has 0 amide bonds. The van der Waals surface area contributed by atoms with Crippen molar-refractivity contribution in [3.05, 3.63) is 29.6 Å². The second-order valence-electron chi connectivity index (χ2n) is 6.55. The van der Waals surface area contributed by atoms with Crippen molar-refractivity contribution in [1.82, 2.24) is 15.2 Å². The average molecular weight is 259 g/mol. The maximum atomic E-state index is 4.31. The topological polar surface area (TPSA) is 28.2 Å². The van der Waals surface area contributed by atoms with Crippen molar-refractivity contribution < 1.29 is 0 Å². The summed E-state index contributed by atoms with van der Waals surface area (Å²) in [6, 6.07) is 2.26. The molecule has 1 N–H and O–H groups in total. The lowest BCUT2D eigenvalue weighted by Gasteiger charge is -2.34. The molecular weight excluding hydrogens is 234 g/mol. The van der Waals surface area contributed by atoms with E-state index in [9.17, 15) is 0 Å². The smallest absolute Gasteiger partial charge is 0.0313 e. The Morgan fingerprint density at radius 3 is 3.00 bits per heavy atom. The lowest BCUT2D eigenvalue weighted by Crippen LogP contribution is -2.50. The highest BCUT2D eigenvalue weighted by Crippen LogP contribution is 2.40. The Bertz CT molecular complexity index is 441. The van der Waals surface area contributed by atoms with Crippen molar-refractivity contribution in [1.29, 1.82) is 0 Å². The van der Waals surface area contributed by atoms with Gasteiger partial charge in [0.1, 0.15) is 0 Å². The zero-order valence-electron chi connectivity index (χ0n) is 12.2. The van der Waals surface area contributed by atoms with E-state index in [2.05, 4.69) is 35.1 Å². The second kappa shape index (κ2) is 5.22. The molecule has 3 heteroatoms. The number of aromatic nitrogens is 1. The number of aryl methyl sites for hydroxylation is 1. The van der Waals surface area contributed by atoms with Gasteiger partial charge in [0, 0.05) is 31.0 Å². The van der Waals surface area contributed by atoms with Crippen molar-refractivity contribution in [2.45, 2.75) is 45.2 Å². The molecular formula is C16H25N3. The third-order valence-corrected chi connectivity index (χ3v) is 4.55. The molecule has 1 saturated carbocycles. The largest absolute Gasteiger partial charge is 0.310 e. The normalized spacial score (nSPS) is 29.2. The van der Waals surface area contributed by atoms with Crippen LogP contribution in [0.4, 0.5) is 0 Å². The maximum absolute atomic E-state index is 4.31. The molecule has 1 aliphatic carbocycles. The lowest BCUT2D eigenvalue weighted by atomic mass is 9.95. The average Bonchev–Trinajstić information content (AvgIpc) is 3.17. The number of nitrogens with zero attached hydrogens (tertiary/aromatic N) is 2. The fourth-order valence-corrected chi connectivity index (χ4v) is 3.37. The van der Waals surface area contributed by atoms with Crippen LogP contribution in [0.15, 0.2) is 18.5 Å². The first kappa shape index (κ1) is 13.1. The van der Waals surface area contributed by atoms with Gasteiger partial charge in [-0.3, -0.25) is 9.88 Å². The second-order valence-corrected chi connectivity index (χ2v) is 6.55. The van der Waals surface area contributed by atoms with Crippen LogP contribution in [0.3, 0.4) is 0 Å². The molecule has 104 valence electrons. The summed E-state index contributed by atoms with van der Waals surface area (Å²) in [5.41, 5.74) is 2.93. The minimum atomic E-state index is 0.327. The standard InChI is InChI=1S/C16H25N3/c1-13-8-14(10-17-9-13)11-19-7-3-6-18-16(2,12-19)15-4-5-15/h8-10,15,18H,3-7,11-12H2,1-2H3. The van der Waals surface area contributed by atoms with Crippen molar-refractivity contribution >= 4 is 0 Å². The van der Waals surface area contributed by atoms with Gasteiger partial charge in [0.2, 0.25) is 0 Å². The molecule has 2 aliphatic rings. The highest BCUT2D eigenvalue weighted by Gasteiger charge is 2.42. The van der Waals surface area contributed by atoms with Crippen molar-refractivity contribution in [2.24, 2.45) is 5.92 Å². The Hall–Kier alpha value is -0.930. The summed E-state index contributed by atoms with van der Waals surface area (Å²) in [7, 11) is 0. The molecule has 1 aromatic rings. The molecule has 0 radical (unpaired) electrons. The first-order valence-electron chi connectivity index (χ1n) is 7.54. The van der Waals surface area contributed by atoms with Gasteiger partial charge >= 0.3 is 0 Å². The van der Waals surface area contributed by atoms with Gasteiger partial charge in [-0.1, -0.05) is 6.07 Å². The number of rotatable bonds is 3. The predicted molar refractivity (Wildman–Crippen MR) is 78.0 cm³/mol. The Morgan fingerprint density at radius 2 is 2.26 bits per heavy atom. The summed E-state index contributed by atoms with van der Waals surface area (Å²) in [5, 5.41) is 3.79. The van der Waals surface area contributed by atoms with Gasteiger partial charge in [0.15, 0.2) is 0 Å². The van der Waals surface area contributed by atoms with E-state index < -0.39 is 0 Å². The van der Waals surface area contributed by atoms with E-state index in [4.69, 9.17) is 0 Å². The minimum Gasteiger partial charge on any atom is -0.310 e. The fourth-order valence-electron chi connectivity index (χ4n) is 3.37. The summed E-state index contributed by atoms with van der Waals surface area (Å²) in [6.07, 6.45) is 8.01. The first-order valence-corrected chi connectivity index (χ1v) is 7.54. The van der Waals surface area contributed by atoms with E-state index in [-0.39, 0.29) is 0 Å². The molecule has 19 heavy (non-hydrogen) atoms. The third kappa shape index (κ3) is 3.15. The van der Waals surface area contributed by atoms with Crippen LogP contribution >= 0.6 is 0 Å². The quantitative estimate of drug-likeness (QED) is 0.903. The molecule has 0 spiro atoms. The molecule has 2 fully saturated rings. The van der Waals surface area contributed by atoms with Gasteiger partial charge in [0.05, 0.1) is 0 Å². The van der Waals surface area contributed by atoms with E-state index >= 15 is 0 Å². The molecule has 3 rings (SSSR count). The summed E-state index contributed by atoms with van der Waals surface area (Å²) in [4.78, 5) is 6.92. The Morgan fingerprint density at radius 1 is 1.42 bits per heavy atom. The zero-order chi connectivity index (χ0) is 13.3. The number of hydrogen-bond donors (Lipinski definition) is 1. The molecule has 1 unspecified atom stereocenters. The molecule has 0 bridgehead atoms. The van der Waals surface area contributed by atoms with Gasteiger partial charge in [-0.25, -0.2) is 0 Å². The van der Waals surface area contributed by atoms with Crippen molar-refractivity contribution in [3.8, 4) is 0 Å². The fraction of sp³-hybridized carbons (Fsp3) is 0.688. The lowest BCUT2D eigenvalue weighted by molar-refractivity contribution is 0.195. The SMILES string of the molecule is Cc1cncc(CN2CCCNC(C)(C3CC3)C2)c1. The van der Waals surface area contributed by atoms with E-state index in [0.717, 1.165) is 19.0 Å². The summed E-state index contributed by atoms with van der Waals surface area (Å²) in [5.74, 6) is 0.892. The van der Waals surface area contributed by atoms with Crippen LogP contribution in [0, 0.1) is 12.8 Å². The van der Waals surface area contributed by atoms with Crippen LogP contribution in [0.1, 0.15) is 37.3 Å². The third-order valence-electron chi connectivity index (χ3n) is 4.55. The molecule has 1 aromatic heterocycles. The van der Waals surface area contributed by atoms with Gasteiger partial charge in [0.25, 0.3) is 0 Å². The minimum absolute atomic E-state index is 0.327. The van der Waals surface area contributed by atoms with Crippen LogP contribution in [-0.4, -0.2) is 35.1 Å². The molecule has 0 aromatic carbocycles. The van der Waals surface area contributed by atoms with Crippen LogP contribution in [0.2, 0.25) is 0 Å².